The summed E-state index contributed by atoms with van der Waals surface area (Å²) in [6.07, 6.45) is 4.21. The van der Waals surface area contributed by atoms with E-state index in [2.05, 4.69) is 35.7 Å². The standard InChI is InChI=1S/C16H23N3O/c1-10-11(2)20-15(18-10)9-19-6-5-12-13(17)7-16(3,4)8-14(12)19/h5-6,13H,7-9,17H2,1-4H3. The lowest BCUT2D eigenvalue weighted by atomic mass is 9.74. The molecule has 0 saturated heterocycles. The number of hydrogen-bond donors (Lipinski definition) is 1. The minimum Gasteiger partial charge on any atom is -0.444 e. The van der Waals surface area contributed by atoms with Gasteiger partial charge in [-0.1, -0.05) is 13.8 Å². The summed E-state index contributed by atoms with van der Waals surface area (Å²) in [6.45, 7) is 9.19. The molecule has 0 saturated carbocycles. The molecular formula is C16H23N3O. The largest absolute Gasteiger partial charge is 0.444 e. The first-order valence-electron chi connectivity index (χ1n) is 7.22. The smallest absolute Gasteiger partial charge is 0.214 e. The van der Waals surface area contributed by atoms with Crippen molar-refractivity contribution in [2.75, 3.05) is 0 Å². The second-order valence-corrected chi connectivity index (χ2v) is 6.75. The third kappa shape index (κ3) is 2.29. The lowest BCUT2D eigenvalue weighted by Gasteiger charge is -2.34. The van der Waals surface area contributed by atoms with E-state index in [4.69, 9.17) is 10.2 Å². The van der Waals surface area contributed by atoms with Gasteiger partial charge in [-0.05, 0) is 43.7 Å². The number of aromatic nitrogens is 2. The molecule has 20 heavy (non-hydrogen) atoms. The molecule has 108 valence electrons. The molecule has 0 bridgehead atoms. The average Bonchev–Trinajstić information content (AvgIpc) is 2.84. The van der Waals surface area contributed by atoms with Gasteiger partial charge in [0, 0.05) is 17.9 Å². The van der Waals surface area contributed by atoms with Crippen molar-refractivity contribution < 1.29 is 4.42 Å². The van der Waals surface area contributed by atoms with Gasteiger partial charge in [-0.25, -0.2) is 4.98 Å². The van der Waals surface area contributed by atoms with Crippen molar-refractivity contribution in [1.82, 2.24) is 9.55 Å². The second-order valence-electron chi connectivity index (χ2n) is 6.75. The molecule has 0 fully saturated rings. The van der Waals surface area contributed by atoms with E-state index in [0.29, 0.717) is 6.54 Å². The number of nitrogens with two attached hydrogens (primary N) is 1. The van der Waals surface area contributed by atoms with Crippen LogP contribution in [0, 0.1) is 19.3 Å². The fraction of sp³-hybridized carbons (Fsp3) is 0.562. The van der Waals surface area contributed by atoms with Gasteiger partial charge in [-0.3, -0.25) is 0 Å². The molecular weight excluding hydrogens is 250 g/mol. The van der Waals surface area contributed by atoms with E-state index in [1.54, 1.807) is 0 Å². The first-order chi connectivity index (χ1) is 9.35. The summed E-state index contributed by atoms with van der Waals surface area (Å²) < 4.78 is 7.93. The molecule has 1 atom stereocenters. The van der Waals surface area contributed by atoms with Crippen molar-refractivity contribution >= 4 is 0 Å². The Morgan fingerprint density at radius 1 is 1.45 bits per heavy atom. The maximum absolute atomic E-state index is 6.30. The molecule has 0 amide bonds. The van der Waals surface area contributed by atoms with Crippen LogP contribution in [0.3, 0.4) is 0 Å². The highest BCUT2D eigenvalue weighted by Gasteiger charge is 2.32. The number of hydrogen-bond acceptors (Lipinski definition) is 3. The van der Waals surface area contributed by atoms with E-state index < -0.39 is 0 Å². The topological polar surface area (TPSA) is 57.0 Å². The van der Waals surface area contributed by atoms with Gasteiger partial charge >= 0.3 is 0 Å². The van der Waals surface area contributed by atoms with Crippen LogP contribution < -0.4 is 5.73 Å². The molecule has 1 aliphatic rings. The number of oxazole rings is 1. The predicted octanol–water partition coefficient (Wildman–Crippen LogP) is 3.11. The van der Waals surface area contributed by atoms with Gasteiger partial charge < -0.3 is 14.7 Å². The molecule has 4 nitrogen and oxygen atoms in total. The monoisotopic (exact) mass is 273 g/mol. The maximum atomic E-state index is 6.30. The van der Waals surface area contributed by atoms with E-state index in [1.165, 1.54) is 11.3 Å². The Morgan fingerprint density at radius 3 is 2.85 bits per heavy atom. The SMILES string of the molecule is Cc1nc(Cn2ccc3c2CC(C)(C)CC3N)oc1C. The maximum Gasteiger partial charge on any atom is 0.214 e. The Labute approximate surface area is 120 Å². The van der Waals surface area contributed by atoms with Gasteiger partial charge in [-0.15, -0.1) is 0 Å². The van der Waals surface area contributed by atoms with Crippen LogP contribution in [0.25, 0.3) is 0 Å². The fourth-order valence-electron chi connectivity index (χ4n) is 3.19. The Bertz CT molecular complexity index is 617. The summed E-state index contributed by atoms with van der Waals surface area (Å²) in [7, 11) is 0. The summed E-state index contributed by atoms with van der Waals surface area (Å²) in [5, 5.41) is 0. The lowest BCUT2D eigenvalue weighted by Crippen LogP contribution is -2.30. The van der Waals surface area contributed by atoms with Gasteiger partial charge in [0.15, 0.2) is 0 Å². The van der Waals surface area contributed by atoms with Crippen LogP contribution in [0.2, 0.25) is 0 Å². The Kier molecular flexibility index (Phi) is 3.01. The van der Waals surface area contributed by atoms with Crippen molar-refractivity contribution in [1.29, 1.82) is 0 Å². The normalized spacial score (nSPS) is 20.9. The molecule has 1 unspecified atom stereocenters. The Morgan fingerprint density at radius 2 is 2.20 bits per heavy atom. The number of aryl methyl sites for hydroxylation is 2. The third-order valence-electron chi connectivity index (χ3n) is 4.31. The number of nitrogens with zero attached hydrogens (tertiary/aromatic N) is 2. The average molecular weight is 273 g/mol. The summed E-state index contributed by atoms with van der Waals surface area (Å²) >= 11 is 0. The molecule has 0 spiro atoms. The van der Waals surface area contributed by atoms with E-state index >= 15 is 0 Å². The molecule has 2 aromatic heterocycles. The van der Waals surface area contributed by atoms with Gasteiger partial charge in [0.2, 0.25) is 5.89 Å². The van der Waals surface area contributed by atoms with Crippen LogP contribution >= 0.6 is 0 Å². The molecule has 2 N–H and O–H groups in total. The van der Waals surface area contributed by atoms with E-state index in [1.807, 2.05) is 13.8 Å². The van der Waals surface area contributed by atoms with Gasteiger partial charge in [-0.2, -0.15) is 0 Å². The highest BCUT2D eigenvalue weighted by Crippen LogP contribution is 2.40. The summed E-state index contributed by atoms with van der Waals surface area (Å²) in [6, 6.07) is 2.29. The molecule has 0 aliphatic heterocycles. The van der Waals surface area contributed by atoms with E-state index in [0.717, 1.165) is 30.2 Å². The first-order valence-corrected chi connectivity index (χ1v) is 7.22. The van der Waals surface area contributed by atoms with Crippen molar-refractivity contribution in [3.05, 3.63) is 40.9 Å². The van der Waals surface area contributed by atoms with Crippen LogP contribution in [0.5, 0.6) is 0 Å². The van der Waals surface area contributed by atoms with Crippen molar-refractivity contribution in [2.24, 2.45) is 11.1 Å². The Hall–Kier alpha value is -1.55. The summed E-state index contributed by atoms with van der Waals surface area (Å²) in [5.41, 5.74) is 10.1. The molecule has 1 aliphatic carbocycles. The quantitative estimate of drug-likeness (QED) is 0.914. The van der Waals surface area contributed by atoms with Crippen molar-refractivity contribution in [2.45, 2.75) is 53.1 Å². The summed E-state index contributed by atoms with van der Waals surface area (Å²) in [5.74, 6) is 1.67. The molecule has 3 rings (SSSR count). The minimum absolute atomic E-state index is 0.142. The first kappa shape index (κ1) is 13.4. The van der Waals surface area contributed by atoms with Gasteiger partial charge in [0.25, 0.3) is 0 Å². The fourth-order valence-corrected chi connectivity index (χ4v) is 3.19. The molecule has 4 heteroatoms. The van der Waals surface area contributed by atoms with E-state index in [-0.39, 0.29) is 11.5 Å². The van der Waals surface area contributed by atoms with Crippen LogP contribution in [-0.4, -0.2) is 9.55 Å². The lowest BCUT2D eigenvalue weighted by molar-refractivity contribution is 0.275. The molecule has 2 aromatic rings. The van der Waals surface area contributed by atoms with Crippen LogP contribution in [-0.2, 0) is 13.0 Å². The van der Waals surface area contributed by atoms with E-state index in [9.17, 15) is 0 Å². The van der Waals surface area contributed by atoms with Crippen LogP contribution in [0.4, 0.5) is 0 Å². The number of rotatable bonds is 2. The summed E-state index contributed by atoms with van der Waals surface area (Å²) in [4.78, 5) is 4.47. The highest BCUT2D eigenvalue weighted by atomic mass is 16.4. The molecule has 2 heterocycles. The zero-order valence-electron chi connectivity index (χ0n) is 12.7. The van der Waals surface area contributed by atoms with Crippen LogP contribution in [0.1, 0.15) is 54.9 Å². The Balaban J connectivity index is 1.93. The van der Waals surface area contributed by atoms with Crippen LogP contribution in [0.15, 0.2) is 16.7 Å². The van der Waals surface area contributed by atoms with Crippen molar-refractivity contribution in [3.63, 3.8) is 0 Å². The number of fused-ring (bicyclic) bond motifs is 1. The zero-order valence-corrected chi connectivity index (χ0v) is 12.7. The molecule has 0 aromatic carbocycles. The second kappa shape index (κ2) is 4.48. The van der Waals surface area contributed by atoms with Gasteiger partial charge in [0.05, 0.1) is 12.2 Å². The third-order valence-corrected chi connectivity index (χ3v) is 4.31. The highest BCUT2D eigenvalue weighted by molar-refractivity contribution is 5.30. The minimum atomic E-state index is 0.142. The zero-order chi connectivity index (χ0) is 14.5. The molecule has 0 radical (unpaired) electrons. The van der Waals surface area contributed by atoms with Gasteiger partial charge in [0.1, 0.15) is 5.76 Å². The predicted molar refractivity (Wildman–Crippen MR) is 78.5 cm³/mol. The van der Waals surface area contributed by atoms with Crippen molar-refractivity contribution in [3.8, 4) is 0 Å².